The lowest BCUT2D eigenvalue weighted by molar-refractivity contribution is -0.139. The Labute approximate surface area is 179 Å². The van der Waals surface area contributed by atoms with E-state index in [-0.39, 0.29) is 24.4 Å². The third-order valence-electron chi connectivity index (χ3n) is 3.85. The van der Waals surface area contributed by atoms with Crippen LogP contribution in [0.5, 0.6) is 0 Å². The molecule has 8 nitrogen and oxygen atoms in total. The SMILES string of the molecule is N#CC(N)Cc1ccccc1.NC(=O)CCC(NC(=O)c1ccc(Cl)cc1)C(=O)O. The highest BCUT2D eigenvalue weighted by atomic mass is 35.5. The maximum Gasteiger partial charge on any atom is 0.326 e. The molecule has 9 heteroatoms. The van der Waals surface area contributed by atoms with Gasteiger partial charge in [0.15, 0.2) is 0 Å². The number of carbonyl (C=O) groups is 3. The lowest BCUT2D eigenvalue weighted by Crippen LogP contribution is -2.41. The Morgan fingerprint density at radius 2 is 1.70 bits per heavy atom. The standard InChI is InChI=1S/C12H13ClN2O4.C9H10N2/c13-8-3-1-7(2-4-8)11(17)15-9(12(18)19)5-6-10(14)16;10-7-9(11)6-8-4-2-1-3-5-8/h1-4,9H,5-6H2,(H2,14,16)(H,15,17)(H,18,19);1-5,9H,6,11H2. The van der Waals surface area contributed by atoms with Crippen molar-refractivity contribution in [2.75, 3.05) is 0 Å². The van der Waals surface area contributed by atoms with Crippen LogP contribution >= 0.6 is 11.6 Å². The number of benzene rings is 2. The van der Waals surface area contributed by atoms with Crippen LogP contribution in [-0.4, -0.2) is 35.0 Å². The third kappa shape index (κ3) is 9.68. The molecule has 2 amide bonds. The summed E-state index contributed by atoms with van der Waals surface area (Å²) in [7, 11) is 0. The van der Waals surface area contributed by atoms with E-state index in [1.165, 1.54) is 24.3 Å². The molecule has 0 bridgehead atoms. The van der Waals surface area contributed by atoms with Crippen molar-refractivity contribution >= 4 is 29.4 Å². The molecule has 2 aromatic rings. The van der Waals surface area contributed by atoms with Crippen LogP contribution in [-0.2, 0) is 16.0 Å². The minimum atomic E-state index is -1.22. The van der Waals surface area contributed by atoms with Gasteiger partial charge in [0.2, 0.25) is 5.91 Å². The first-order chi connectivity index (χ1) is 14.2. The number of nitrogens with one attached hydrogen (secondary N) is 1. The van der Waals surface area contributed by atoms with Crippen LogP contribution < -0.4 is 16.8 Å². The normalized spacial score (nSPS) is 11.8. The summed E-state index contributed by atoms with van der Waals surface area (Å²) >= 11 is 5.68. The van der Waals surface area contributed by atoms with Crippen molar-refractivity contribution in [2.45, 2.75) is 31.3 Å². The van der Waals surface area contributed by atoms with Crippen LogP contribution in [0.1, 0.15) is 28.8 Å². The quantitative estimate of drug-likeness (QED) is 0.500. The fourth-order valence-corrected chi connectivity index (χ4v) is 2.43. The van der Waals surface area contributed by atoms with Crippen molar-refractivity contribution in [1.29, 1.82) is 5.26 Å². The summed E-state index contributed by atoms with van der Waals surface area (Å²) in [5.74, 6) is -2.39. The van der Waals surface area contributed by atoms with Crippen LogP contribution in [0, 0.1) is 11.3 Å². The van der Waals surface area contributed by atoms with Crippen molar-refractivity contribution in [3.05, 3.63) is 70.7 Å². The zero-order valence-corrected chi connectivity index (χ0v) is 16.9. The van der Waals surface area contributed by atoms with E-state index in [1.807, 2.05) is 36.4 Å². The van der Waals surface area contributed by atoms with Gasteiger partial charge in [-0.05, 0) is 36.2 Å². The van der Waals surface area contributed by atoms with Crippen molar-refractivity contribution in [3.63, 3.8) is 0 Å². The summed E-state index contributed by atoms with van der Waals surface area (Å²) in [6, 6.07) is 16.2. The highest BCUT2D eigenvalue weighted by Crippen LogP contribution is 2.10. The largest absolute Gasteiger partial charge is 0.480 e. The molecule has 0 radical (unpaired) electrons. The lowest BCUT2D eigenvalue weighted by atomic mass is 10.1. The van der Waals surface area contributed by atoms with Gasteiger partial charge in [-0.15, -0.1) is 0 Å². The molecule has 158 valence electrons. The van der Waals surface area contributed by atoms with E-state index in [0.29, 0.717) is 11.4 Å². The number of amides is 2. The van der Waals surface area contributed by atoms with E-state index in [2.05, 4.69) is 5.32 Å². The summed E-state index contributed by atoms with van der Waals surface area (Å²) in [6.45, 7) is 0. The summed E-state index contributed by atoms with van der Waals surface area (Å²) in [6.07, 6.45) is 0.471. The van der Waals surface area contributed by atoms with Crippen LogP contribution in [0.4, 0.5) is 0 Å². The number of aliphatic carboxylic acids is 1. The van der Waals surface area contributed by atoms with Gasteiger partial charge in [0, 0.05) is 23.4 Å². The summed E-state index contributed by atoms with van der Waals surface area (Å²) in [5.41, 5.74) is 11.8. The topological polar surface area (TPSA) is 159 Å². The van der Waals surface area contributed by atoms with Gasteiger partial charge in [0.25, 0.3) is 5.91 Å². The molecule has 30 heavy (non-hydrogen) atoms. The van der Waals surface area contributed by atoms with Gasteiger partial charge in [-0.2, -0.15) is 5.26 Å². The lowest BCUT2D eigenvalue weighted by Gasteiger charge is -2.13. The first-order valence-corrected chi connectivity index (χ1v) is 9.37. The second kappa shape index (κ2) is 12.9. The molecule has 0 aromatic heterocycles. The Hall–Kier alpha value is -3.41. The monoisotopic (exact) mass is 430 g/mol. The number of nitriles is 1. The molecule has 2 rings (SSSR count). The number of primary amides is 1. The fraction of sp³-hybridized carbons (Fsp3) is 0.238. The highest BCUT2D eigenvalue weighted by Gasteiger charge is 2.21. The zero-order chi connectivity index (χ0) is 22.5. The molecule has 0 aliphatic heterocycles. The number of hydrogen-bond acceptors (Lipinski definition) is 5. The third-order valence-corrected chi connectivity index (χ3v) is 4.11. The molecule has 2 aromatic carbocycles. The molecule has 0 aliphatic rings. The minimum Gasteiger partial charge on any atom is -0.480 e. The highest BCUT2D eigenvalue weighted by molar-refractivity contribution is 6.30. The van der Waals surface area contributed by atoms with Gasteiger partial charge < -0.3 is 21.9 Å². The van der Waals surface area contributed by atoms with Gasteiger partial charge >= 0.3 is 5.97 Å². The molecule has 0 saturated carbocycles. The molecule has 2 unspecified atom stereocenters. The van der Waals surface area contributed by atoms with Crippen molar-refractivity contribution in [2.24, 2.45) is 11.5 Å². The number of rotatable bonds is 8. The zero-order valence-electron chi connectivity index (χ0n) is 16.1. The Morgan fingerprint density at radius 3 is 2.20 bits per heavy atom. The number of carboxylic acid groups (broad SMARTS) is 1. The van der Waals surface area contributed by atoms with E-state index in [0.717, 1.165) is 5.56 Å². The molecule has 2 atom stereocenters. The van der Waals surface area contributed by atoms with Crippen LogP contribution in [0.25, 0.3) is 0 Å². The number of nitrogens with two attached hydrogens (primary N) is 2. The predicted octanol–water partition coefficient (Wildman–Crippen LogP) is 1.87. The molecular formula is C21H23ClN4O4. The number of halogens is 1. The predicted molar refractivity (Wildman–Crippen MR) is 113 cm³/mol. The number of carbonyl (C=O) groups excluding carboxylic acids is 2. The minimum absolute atomic E-state index is 0.0516. The van der Waals surface area contributed by atoms with E-state index in [4.69, 9.17) is 33.4 Å². The summed E-state index contributed by atoms with van der Waals surface area (Å²) in [4.78, 5) is 33.3. The Balaban J connectivity index is 0.000000346. The number of carboxylic acids is 1. The van der Waals surface area contributed by atoms with Gasteiger partial charge in [0.05, 0.1) is 12.1 Å². The fourth-order valence-electron chi connectivity index (χ4n) is 2.30. The first-order valence-electron chi connectivity index (χ1n) is 8.99. The molecule has 0 fully saturated rings. The van der Waals surface area contributed by atoms with Gasteiger partial charge in [-0.25, -0.2) is 4.79 Å². The molecule has 6 N–H and O–H groups in total. The smallest absolute Gasteiger partial charge is 0.326 e. The Bertz CT molecular complexity index is 882. The molecule has 0 saturated heterocycles. The molecule has 0 spiro atoms. The average molecular weight is 431 g/mol. The van der Waals surface area contributed by atoms with Gasteiger partial charge in [-0.3, -0.25) is 9.59 Å². The van der Waals surface area contributed by atoms with E-state index in [9.17, 15) is 14.4 Å². The maximum atomic E-state index is 11.8. The molecule has 0 aliphatic carbocycles. The average Bonchev–Trinajstić information content (AvgIpc) is 2.72. The van der Waals surface area contributed by atoms with Gasteiger partial charge in [-0.1, -0.05) is 41.9 Å². The second-order valence-corrected chi connectivity index (χ2v) is 6.74. The maximum absolute atomic E-state index is 11.8. The van der Waals surface area contributed by atoms with Crippen LogP contribution in [0.3, 0.4) is 0 Å². The van der Waals surface area contributed by atoms with Crippen molar-refractivity contribution in [1.82, 2.24) is 5.32 Å². The van der Waals surface area contributed by atoms with Crippen LogP contribution in [0.2, 0.25) is 5.02 Å². The van der Waals surface area contributed by atoms with Crippen molar-refractivity contribution < 1.29 is 19.5 Å². The van der Waals surface area contributed by atoms with E-state index in [1.54, 1.807) is 0 Å². The second-order valence-electron chi connectivity index (χ2n) is 6.30. The van der Waals surface area contributed by atoms with E-state index < -0.39 is 23.8 Å². The molecular weight excluding hydrogens is 408 g/mol. The van der Waals surface area contributed by atoms with Crippen LogP contribution in [0.15, 0.2) is 54.6 Å². The summed E-state index contributed by atoms with van der Waals surface area (Å²) in [5, 5.41) is 20.1. The van der Waals surface area contributed by atoms with Crippen molar-refractivity contribution in [3.8, 4) is 6.07 Å². The Kier molecular flexibility index (Phi) is 10.6. The molecule has 0 heterocycles. The Morgan fingerprint density at radius 1 is 1.10 bits per heavy atom. The van der Waals surface area contributed by atoms with E-state index >= 15 is 0 Å². The first kappa shape index (κ1) is 24.6. The number of nitrogens with zero attached hydrogens (tertiary/aromatic N) is 1. The summed E-state index contributed by atoms with van der Waals surface area (Å²) < 4.78 is 0. The van der Waals surface area contributed by atoms with Gasteiger partial charge in [0.1, 0.15) is 6.04 Å². The number of hydrogen-bond donors (Lipinski definition) is 4.